The summed E-state index contributed by atoms with van der Waals surface area (Å²) in [5, 5.41) is 6.13. The van der Waals surface area contributed by atoms with Gasteiger partial charge in [0.05, 0.1) is 32.3 Å². The van der Waals surface area contributed by atoms with Crippen LogP contribution in [0.25, 0.3) is 21.2 Å². The van der Waals surface area contributed by atoms with Crippen LogP contribution in [0.1, 0.15) is 21.5 Å². The Balaban J connectivity index is 1.54. The first-order chi connectivity index (χ1) is 20.2. The fourth-order valence-corrected chi connectivity index (χ4v) is 6.60. The molecular formula is C31H26N4O5S2. The Morgan fingerprint density at radius 3 is 2.48 bits per heavy atom. The third-order valence-corrected chi connectivity index (χ3v) is 9.17. The Bertz CT molecular complexity index is 2000. The third-order valence-electron chi connectivity index (χ3n) is 6.33. The average molecular weight is 599 g/mol. The van der Waals surface area contributed by atoms with E-state index >= 15 is 0 Å². The Hall–Kier alpha value is -4.71. The molecule has 0 aliphatic rings. The highest BCUT2D eigenvalue weighted by atomic mass is 32.2. The molecule has 5 rings (SSSR count). The number of hydrogen-bond acceptors (Lipinski definition) is 8. The minimum atomic E-state index is -3.85. The molecule has 5 aromatic rings. The Morgan fingerprint density at radius 2 is 1.76 bits per heavy atom. The van der Waals surface area contributed by atoms with E-state index in [9.17, 15) is 18.0 Å². The zero-order valence-corrected chi connectivity index (χ0v) is 24.3. The fraction of sp³-hybridized carbons (Fsp3) is 0.0968. The van der Waals surface area contributed by atoms with E-state index < -0.39 is 15.9 Å². The van der Waals surface area contributed by atoms with Crippen LogP contribution in [0.5, 0.6) is 0 Å². The van der Waals surface area contributed by atoms with E-state index in [2.05, 4.69) is 23.2 Å². The fourth-order valence-electron chi connectivity index (χ4n) is 4.20. The Kier molecular flexibility index (Phi) is 8.25. The van der Waals surface area contributed by atoms with Crippen molar-refractivity contribution in [3.05, 3.63) is 125 Å². The molecule has 3 aromatic carbocycles. The van der Waals surface area contributed by atoms with Crippen molar-refractivity contribution >= 4 is 59.8 Å². The maximum Gasteiger partial charge on any atom is 0.280 e. The molecule has 0 aliphatic heterocycles. The number of para-hydroxylation sites is 1. The molecule has 2 heterocycles. The predicted octanol–water partition coefficient (Wildman–Crippen LogP) is 5.75. The number of amides is 1. The molecule has 42 heavy (non-hydrogen) atoms. The summed E-state index contributed by atoms with van der Waals surface area (Å²) in [7, 11) is -3.85. The molecule has 0 N–H and O–H groups in total. The molecule has 0 unspecified atom stereocenters. The van der Waals surface area contributed by atoms with Crippen LogP contribution < -0.4 is 10.4 Å². The predicted molar refractivity (Wildman–Crippen MR) is 167 cm³/mol. The zero-order chi connectivity index (χ0) is 29.9. The number of hydrazone groups is 1. The van der Waals surface area contributed by atoms with E-state index in [1.54, 1.807) is 24.3 Å². The second-order valence-corrected chi connectivity index (χ2v) is 12.2. The van der Waals surface area contributed by atoms with E-state index in [-0.39, 0.29) is 39.7 Å². The van der Waals surface area contributed by atoms with Crippen molar-refractivity contribution in [1.82, 2.24) is 9.29 Å². The summed E-state index contributed by atoms with van der Waals surface area (Å²) in [6, 6.07) is 18.1. The highest BCUT2D eigenvalue weighted by molar-refractivity contribution is 7.89. The standard InChI is InChI=1S/C31H26N4O5S2/c1-4-16-34(17-5-2)42(38,39)24-13-11-22(12-14-24)30(37)35(31-33-26-15-10-21(3)18-28(26)41-31)32-19-23-20-40-27-9-7-6-8-25(27)29(23)36/h4-15,18-20H,1-2,16-17H2,3H3/b32-19+. The average Bonchev–Trinajstić information content (AvgIpc) is 3.41. The van der Waals surface area contributed by atoms with Gasteiger partial charge in [-0.15, -0.1) is 13.2 Å². The largest absolute Gasteiger partial charge is 0.463 e. The van der Waals surface area contributed by atoms with Crippen molar-refractivity contribution in [2.45, 2.75) is 11.8 Å². The summed E-state index contributed by atoms with van der Waals surface area (Å²) < 4.78 is 33.9. The SMILES string of the molecule is C=CCN(CC=C)S(=O)(=O)c1ccc(C(=O)N(/N=C/c2coc3ccccc3c2=O)c2nc3ccc(C)cc3s2)cc1. The molecule has 0 fully saturated rings. The van der Waals surface area contributed by atoms with Gasteiger partial charge in [0, 0.05) is 18.7 Å². The highest BCUT2D eigenvalue weighted by Gasteiger charge is 2.25. The van der Waals surface area contributed by atoms with Crippen LogP contribution >= 0.6 is 11.3 Å². The number of thiazole rings is 1. The number of carbonyl (C=O) groups excluding carboxylic acids is 1. The van der Waals surface area contributed by atoms with Crippen molar-refractivity contribution in [3.8, 4) is 0 Å². The molecule has 11 heteroatoms. The lowest BCUT2D eigenvalue weighted by Crippen LogP contribution is -2.31. The van der Waals surface area contributed by atoms with Gasteiger partial charge < -0.3 is 4.42 Å². The first-order valence-corrected chi connectivity index (χ1v) is 15.1. The lowest BCUT2D eigenvalue weighted by atomic mass is 10.2. The van der Waals surface area contributed by atoms with E-state index in [0.29, 0.717) is 16.5 Å². The summed E-state index contributed by atoms with van der Waals surface area (Å²) in [6.07, 6.45) is 5.53. The van der Waals surface area contributed by atoms with Gasteiger partial charge in [-0.1, -0.05) is 41.7 Å². The molecule has 0 spiro atoms. The summed E-state index contributed by atoms with van der Waals surface area (Å²) in [5.74, 6) is -0.565. The molecule has 9 nitrogen and oxygen atoms in total. The summed E-state index contributed by atoms with van der Waals surface area (Å²) in [4.78, 5) is 31.4. The molecule has 0 bridgehead atoms. The van der Waals surface area contributed by atoms with Gasteiger partial charge >= 0.3 is 0 Å². The number of benzene rings is 3. The lowest BCUT2D eigenvalue weighted by Gasteiger charge is -2.19. The number of aromatic nitrogens is 1. The first kappa shape index (κ1) is 28.8. The van der Waals surface area contributed by atoms with Gasteiger partial charge in [0.1, 0.15) is 11.8 Å². The molecule has 0 atom stereocenters. The quantitative estimate of drug-likeness (QED) is 0.115. The maximum absolute atomic E-state index is 13.8. The van der Waals surface area contributed by atoms with E-state index in [1.165, 1.54) is 64.5 Å². The normalized spacial score (nSPS) is 11.9. The van der Waals surface area contributed by atoms with Gasteiger partial charge in [-0.2, -0.15) is 14.4 Å². The number of rotatable bonds is 10. The minimum Gasteiger partial charge on any atom is -0.463 e. The van der Waals surface area contributed by atoms with Crippen molar-refractivity contribution in [3.63, 3.8) is 0 Å². The third kappa shape index (κ3) is 5.70. The number of hydrogen-bond donors (Lipinski definition) is 0. The number of sulfonamides is 1. The summed E-state index contributed by atoms with van der Waals surface area (Å²) in [6.45, 7) is 9.42. The number of nitrogens with zero attached hydrogens (tertiary/aromatic N) is 4. The molecule has 0 radical (unpaired) electrons. The maximum atomic E-state index is 13.8. The Labute approximate surface area is 246 Å². The second kappa shape index (κ2) is 12.0. The van der Waals surface area contributed by atoms with E-state index in [4.69, 9.17) is 4.42 Å². The van der Waals surface area contributed by atoms with Gasteiger partial charge in [-0.05, 0) is 61.0 Å². The zero-order valence-electron chi connectivity index (χ0n) is 22.6. The second-order valence-electron chi connectivity index (χ2n) is 9.27. The van der Waals surface area contributed by atoms with Gasteiger partial charge in [0.15, 0.2) is 0 Å². The van der Waals surface area contributed by atoms with Gasteiger partial charge in [0.25, 0.3) is 5.91 Å². The lowest BCUT2D eigenvalue weighted by molar-refractivity contribution is 0.0987. The molecule has 1 amide bonds. The number of carbonyl (C=O) groups is 1. The smallest absolute Gasteiger partial charge is 0.280 e. The highest BCUT2D eigenvalue weighted by Crippen LogP contribution is 2.31. The number of fused-ring (bicyclic) bond motifs is 2. The van der Waals surface area contributed by atoms with Crippen LogP contribution in [-0.4, -0.2) is 42.9 Å². The van der Waals surface area contributed by atoms with Crippen LogP contribution in [0, 0.1) is 6.92 Å². The molecule has 0 saturated heterocycles. The minimum absolute atomic E-state index is 0.0158. The Morgan fingerprint density at radius 1 is 1.05 bits per heavy atom. The van der Waals surface area contributed by atoms with Crippen molar-refractivity contribution in [2.75, 3.05) is 18.1 Å². The first-order valence-electron chi connectivity index (χ1n) is 12.8. The molecule has 2 aromatic heterocycles. The van der Waals surface area contributed by atoms with E-state index in [1.807, 2.05) is 25.1 Å². The molecule has 212 valence electrons. The number of aryl methyl sites for hydroxylation is 1. The molecule has 0 aliphatic carbocycles. The number of anilines is 1. The van der Waals surface area contributed by atoms with E-state index in [0.717, 1.165) is 15.3 Å². The molecule has 0 saturated carbocycles. The monoisotopic (exact) mass is 598 g/mol. The van der Waals surface area contributed by atoms with Gasteiger partial charge in [0.2, 0.25) is 20.6 Å². The summed E-state index contributed by atoms with van der Waals surface area (Å²) in [5.41, 5.74) is 2.17. The van der Waals surface area contributed by atoms with Crippen LogP contribution in [0.4, 0.5) is 5.13 Å². The van der Waals surface area contributed by atoms with Crippen LogP contribution in [0.3, 0.4) is 0 Å². The topological polar surface area (TPSA) is 113 Å². The van der Waals surface area contributed by atoms with Gasteiger partial charge in [-0.25, -0.2) is 13.4 Å². The van der Waals surface area contributed by atoms with Gasteiger partial charge in [-0.3, -0.25) is 9.59 Å². The van der Waals surface area contributed by atoms with Crippen molar-refractivity contribution < 1.29 is 17.6 Å². The van der Waals surface area contributed by atoms with Crippen LogP contribution in [-0.2, 0) is 10.0 Å². The van der Waals surface area contributed by atoms with Crippen LogP contribution in [0.2, 0.25) is 0 Å². The van der Waals surface area contributed by atoms with Crippen molar-refractivity contribution in [1.29, 1.82) is 0 Å². The molecular weight excluding hydrogens is 572 g/mol. The van der Waals surface area contributed by atoms with Crippen molar-refractivity contribution in [2.24, 2.45) is 5.10 Å². The van der Waals surface area contributed by atoms with Crippen LogP contribution in [0.15, 0.2) is 118 Å². The summed E-state index contributed by atoms with van der Waals surface area (Å²) >= 11 is 1.26.